The molecule has 24 heavy (non-hydrogen) atoms. The van der Waals surface area contributed by atoms with Crippen molar-refractivity contribution in [2.24, 2.45) is 0 Å². The molecule has 2 heterocycles. The lowest BCUT2D eigenvalue weighted by molar-refractivity contribution is 0.0931. The van der Waals surface area contributed by atoms with E-state index in [9.17, 15) is 4.79 Å². The van der Waals surface area contributed by atoms with Crippen molar-refractivity contribution in [3.05, 3.63) is 65.6 Å². The van der Waals surface area contributed by atoms with Gasteiger partial charge in [0, 0.05) is 6.54 Å². The minimum absolute atomic E-state index is 0.142. The molecule has 0 unspecified atom stereocenters. The van der Waals surface area contributed by atoms with Gasteiger partial charge < -0.3 is 9.84 Å². The highest BCUT2D eigenvalue weighted by molar-refractivity contribution is 5.96. The summed E-state index contributed by atoms with van der Waals surface area (Å²) in [5.74, 6) is 0.340. The molecule has 0 saturated carbocycles. The lowest BCUT2D eigenvalue weighted by Gasteiger charge is -2.19. The maximum atomic E-state index is 12.6. The minimum Gasteiger partial charge on any atom is -0.361 e. The predicted octanol–water partition coefficient (Wildman–Crippen LogP) is 2.44. The van der Waals surface area contributed by atoms with Crippen LogP contribution in [0.4, 0.5) is 0 Å². The summed E-state index contributed by atoms with van der Waals surface area (Å²) in [7, 11) is 0. The Morgan fingerprint density at radius 1 is 1.29 bits per heavy atom. The van der Waals surface area contributed by atoms with E-state index in [0.29, 0.717) is 30.0 Å². The Morgan fingerprint density at radius 3 is 2.71 bits per heavy atom. The summed E-state index contributed by atoms with van der Waals surface area (Å²) in [6, 6.07) is 9.73. The summed E-state index contributed by atoms with van der Waals surface area (Å²) < 4.78 is 6.84. The molecule has 0 aliphatic rings. The molecule has 124 valence electrons. The van der Waals surface area contributed by atoms with Crippen molar-refractivity contribution in [2.45, 2.75) is 32.9 Å². The van der Waals surface area contributed by atoms with Gasteiger partial charge in [0.15, 0.2) is 0 Å². The predicted molar refractivity (Wildman–Crippen MR) is 87.3 cm³/mol. The first-order valence-electron chi connectivity index (χ1n) is 7.76. The van der Waals surface area contributed by atoms with Crippen molar-refractivity contribution < 1.29 is 9.32 Å². The van der Waals surface area contributed by atoms with Crippen LogP contribution in [0.3, 0.4) is 0 Å². The van der Waals surface area contributed by atoms with Crippen LogP contribution in [-0.2, 0) is 6.54 Å². The molecule has 1 amide bonds. The van der Waals surface area contributed by atoms with E-state index in [0.717, 1.165) is 5.56 Å². The van der Waals surface area contributed by atoms with Crippen LogP contribution < -0.4 is 5.32 Å². The third-order valence-electron chi connectivity index (χ3n) is 3.88. The van der Waals surface area contributed by atoms with Crippen molar-refractivity contribution in [1.82, 2.24) is 25.2 Å². The normalized spacial score (nSPS) is 12.1. The van der Waals surface area contributed by atoms with E-state index in [-0.39, 0.29) is 11.9 Å². The summed E-state index contributed by atoms with van der Waals surface area (Å²) in [5.41, 5.74) is 2.13. The summed E-state index contributed by atoms with van der Waals surface area (Å²) in [6.45, 7) is 4.15. The van der Waals surface area contributed by atoms with Gasteiger partial charge in [0.1, 0.15) is 24.0 Å². The number of carbonyl (C=O) groups excluding carboxylic acids is 1. The summed E-state index contributed by atoms with van der Waals surface area (Å²) in [5, 5.41) is 11.0. The number of hydrogen-bond donors (Lipinski definition) is 1. The first kappa shape index (κ1) is 15.9. The molecule has 0 saturated heterocycles. The van der Waals surface area contributed by atoms with E-state index < -0.39 is 0 Å². The van der Waals surface area contributed by atoms with Crippen LogP contribution in [0.25, 0.3) is 0 Å². The van der Waals surface area contributed by atoms with E-state index in [1.54, 1.807) is 24.9 Å². The van der Waals surface area contributed by atoms with Gasteiger partial charge in [-0.2, -0.15) is 5.10 Å². The maximum Gasteiger partial charge on any atom is 0.257 e. The molecule has 0 spiro atoms. The molecular weight excluding hydrogens is 306 g/mol. The van der Waals surface area contributed by atoms with Gasteiger partial charge in [-0.05, 0) is 25.8 Å². The van der Waals surface area contributed by atoms with E-state index in [4.69, 9.17) is 4.52 Å². The Labute approximate surface area is 139 Å². The first-order valence-corrected chi connectivity index (χ1v) is 7.76. The third-order valence-corrected chi connectivity index (χ3v) is 3.88. The van der Waals surface area contributed by atoms with Crippen LogP contribution >= 0.6 is 0 Å². The topological polar surface area (TPSA) is 85.8 Å². The zero-order valence-electron chi connectivity index (χ0n) is 13.6. The summed E-state index contributed by atoms with van der Waals surface area (Å²) in [6.07, 6.45) is 3.86. The number of hydrogen-bond acceptors (Lipinski definition) is 5. The lowest BCUT2D eigenvalue weighted by atomic mass is 10.0. The van der Waals surface area contributed by atoms with E-state index in [1.165, 1.54) is 6.33 Å². The van der Waals surface area contributed by atoms with Crippen molar-refractivity contribution in [3.8, 4) is 0 Å². The fourth-order valence-electron chi connectivity index (χ4n) is 2.65. The van der Waals surface area contributed by atoms with Gasteiger partial charge >= 0.3 is 0 Å². The molecule has 1 N–H and O–H groups in total. The standard InChI is InChI=1S/C17H19N5O2/c1-12-16(13(2)24-21-12)17(23)20-15(14-6-4-3-5-7-14)8-9-22-11-18-10-19-22/h3-7,10-11,15H,8-9H2,1-2H3,(H,20,23)/t15-/m1/s1. The lowest BCUT2D eigenvalue weighted by Crippen LogP contribution is -2.30. The van der Waals surface area contributed by atoms with E-state index in [1.807, 2.05) is 30.3 Å². The van der Waals surface area contributed by atoms with Crippen molar-refractivity contribution in [1.29, 1.82) is 0 Å². The van der Waals surface area contributed by atoms with Crippen molar-refractivity contribution in [3.63, 3.8) is 0 Å². The number of nitrogens with one attached hydrogen (secondary N) is 1. The zero-order chi connectivity index (χ0) is 16.9. The Morgan fingerprint density at radius 2 is 2.08 bits per heavy atom. The van der Waals surface area contributed by atoms with Crippen LogP contribution in [0, 0.1) is 13.8 Å². The number of aromatic nitrogens is 4. The molecule has 7 heteroatoms. The zero-order valence-corrected chi connectivity index (χ0v) is 13.6. The maximum absolute atomic E-state index is 12.6. The molecule has 3 aromatic rings. The Kier molecular flexibility index (Phi) is 4.69. The quantitative estimate of drug-likeness (QED) is 0.752. The molecule has 0 fully saturated rings. The van der Waals surface area contributed by atoms with Gasteiger partial charge in [-0.1, -0.05) is 35.5 Å². The molecule has 1 aromatic carbocycles. The van der Waals surface area contributed by atoms with Crippen LogP contribution in [0.2, 0.25) is 0 Å². The van der Waals surface area contributed by atoms with E-state index in [2.05, 4.69) is 20.6 Å². The monoisotopic (exact) mass is 325 g/mol. The number of rotatable bonds is 6. The van der Waals surface area contributed by atoms with Gasteiger partial charge in [-0.3, -0.25) is 9.48 Å². The average molecular weight is 325 g/mol. The Bertz CT molecular complexity index is 776. The second kappa shape index (κ2) is 7.08. The van der Waals surface area contributed by atoms with Gasteiger partial charge in [0.2, 0.25) is 0 Å². The molecule has 0 bridgehead atoms. The first-order chi connectivity index (χ1) is 11.6. The molecule has 0 aliphatic heterocycles. The minimum atomic E-state index is -0.182. The van der Waals surface area contributed by atoms with Crippen LogP contribution in [0.15, 0.2) is 47.5 Å². The molecule has 0 aliphatic carbocycles. The molecular formula is C17H19N5O2. The number of carbonyl (C=O) groups is 1. The van der Waals surface area contributed by atoms with Gasteiger partial charge in [-0.25, -0.2) is 4.98 Å². The van der Waals surface area contributed by atoms with Crippen LogP contribution in [0.1, 0.15) is 39.8 Å². The average Bonchev–Trinajstić information content (AvgIpc) is 3.22. The molecule has 7 nitrogen and oxygen atoms in total. The van der Waals surface area contributed by atoms with Crippen molar-refractivity contribution in [2.75, 3.05) is 0 Å². The fourth-order valence-corrected chi connectivity index (χ4v) is 2.65. The molecule has 0 radical (unpaired) electrons. The number of benzene rings is 1. The molecule has 3 rings (SSSR count). The number of aryl methyl sites for hydroxylation is 3. The number of amides is 1. The Balaban J connectivity index is 1.78. The Hall–Kier alpha value is -2.96. The number of nitrogens with zero attached hydrogens (tertiary/aromatic N) is 4. The van der Waals surface area contributed by atoms with Crippen LogP contribution in [0.5, 0.6) is 0 Å². The SMILES string of the molecule is Cc1noc(C)c1C(=O)N[C@H](CCn1cncn1)c1ccccc1. The van der Waals surface area contributed by atoms with Crippen LogP contribution in [-0.4, -0.2) is 25.8 Å². The highest BCUT2D eigenvalue weighted by atomic mass is 16.5. The smallest absolute Gasteiger partial charge is 0.257 e. The molecule has 2 aromatic heterocycles. The highest BCUT2D eigenvalue weighted by Crippen LogP contribution is 2.20. The van der Waals surface area contributed by atoms with E-state index >= 15 is 0 Å². The molecule has 1 atom stereocenters. The van der Waals surface area contributed by atoms with Gasteiger partial charge in [-0.15, -0.1) is 0 Å². The van der Waals surface area contributed by atoms with Gasteiger partial charge in [0.25, 0.3) is 5.91 Å². The third kappa shape index (κ3) is 3.51. The van der Waals surface area contributed by atoms with Gasteiger partial charge in [0.05, 0.1) is 11.7 Å². The second-order valence-corrected chi connectivity index (χ2v) is 5.58. The highest BCUT2D eigenvalue weighted by Gasteiger charge is 2.21. The second-order valence-electron chi connectivity index (χ2n) is 5.58. The summed E-state index contributed by atoms with van der Waals surface area (Å²) in [4.78, 5) is 16.6. The van der Waals surface area contributed by atoms with Crippen molar-refractivity contribution >= 4 is 5.91 Å². The summed E-state index contributed by atoms with van der Waals surface area (Å²) >= 11 is 0. The largest absolute Gasteiger partial charge is 0.361 e. The fraction of sp³-hybridized carbons (Fsp3) is 0.294.